The summed E-state index contributed by atoms with van der Waals surface area (Å²) in [5.41, 5.74) is 2.31. The van der Waals surface area contributed by atoms with Crippen molar-refractivity contribution in [3.63, 3.8) is 0 Å². The Labute approximate surface area is 122 Å². The van der Waals surface area contributed by atoms with Crippen LogP contribution in [0.3, 0.4) is 0 Å². The van der Waals surface area contributed by atoms with Crippen LogP contribution in [0.2, 0.25) is 0 Å². The molecule has 0 spiro atoms. The summed E-state index contributed by atoms with van der Waals surface area (Å²) >= 11 is 0. The van der Waals surface area contributed by atoms with Crippen molar-refractivity contribution in [3.05, 3.63) is 35.4 Å². The molecule has 2 unspecified atom stereocenters. The smallest absolute Gasteiger partial charge is 0.0942 e. The van der Waals surface area contributed by atoms with E-state index in [4.69, 9.17) is 4.74 Å². The molecule has 20 heavy (non-hydrogen) atoms. The van der Waals surface area contributed by atoms with Gasteiger partial charge in [0.05, 0.1) is 18.3 Å². The predicted octanol–water partition coefficient (Wildman–Crippen LogP) is 2.78. The summed E-state index contributed by atoms with van der Waals surface area (Å²) < 4.78 is 5.76. The van der Waals surface area contributed by atoms with Crippen molar-refractivity contribution in [2.45, 2.75) is 58.5 Å². The first-order valence-electron chi connectivity index (χ1n) is 7.67. The van der Waals surface area contributed by atoms with Crippen molar-refractivity contribution in [3.8, 4) is 0 Å². The van der Waals surface area contributed by atoms with Crippen LogP contribution in [0, 0.1) is 0 Å². The van der Waals surface area contributed by atoms with Crippen molar-refractivity contribution in [2.75, 3.05) is 13.1 Å². The second-order valence-electron chi connectivity index (χ2n) is 5.99. The minimum Gasteiger partial charge on any atom is -0.387 e. The Hall–Kier alpha value is -0.900. The molecule has 0 saturated carbocycles. The lowest BCUT2D eigenvalue weighted by molar-refractivity contribution is -0.0931. The number of benzene rings is 1. The highest BCUT2D eigenvalue weighted by Crippen LogP contribution is 2.24. The fourth-order valence-corrected chi connectivity index (χ4v) is 2.98. The molecular weight excluding hydrogens is 250 g/mol. The van der Waals surface area contributed by atoms with Gasteiger partial charge in [0, 0.05) is 19.1 Å². The highest BCUT2D eigenvalue weighted by Gasteiger charge is 2.29. The number of hydrogen-bond acceptors (Lipinski definition) is 3. The van der Waals surface area contributed by atoms with Crippen LogP contribution in [-0.2, 0) is 11.2 Å². The van der Waals surface area contributed by atoms with E-state index < -0.39 is 6.10 Å². The number of aryl methyl sites for hydroxylation is 1. The highest BCUT2D eigenvalue weighted by molar-refractivity contribution is 5.25. The summed E-state index contributed by atoms with van der Waals surface area (Å²) in [6.45, 7) is 10.2. The lowest BCUT2D eigenvalue weighted by Gasteiger charge is -2.40. The standard InChI is InChI=1S/C17H27NO2/c1-5-15-6-8-16(9-7-15)17(19)14(4)18-10-12(2)20-13(3)11-18/h6-9,12-14,17,19H,5,10-11H2,1-4H3/t12-,13+,14?,17?. The van der Waals surface area contributed by atoms with E-state index in [2.05, 4.69) is 44.7 Å². The van der Waals surface area contributed by atoms with Crippen LogP contribution in [0.4, 0.5) is 0 Å². The van der Waals surface area contributed by atoms with Crippen molar-refractivity contribution in [1.82, 2.24) is 4.90 Å². The highest BCUT2D eigenvalue weighted by atomic mass is 16.5. The summed E-state index contributed by atoms with van der Waals surface area (Å²) in [4.78, 5) is 2.33. The van der Waals surface area contributed by atoms with E-state index >= 15 is 0 Å². The third-order valence-electron chi connectivity index (χ3n) is 4.21. The monoisotopic (exact) mass is 277 g/mol. The second kappa shape index (κ2) is 6.70. The molecule has 1 aliphatic rings. The normalized spacial score (nSPS) is 27.2. The Morgan fingerprint density at radius 1 is 1.20 bits per heavy atom. The van der Waals surface area contributed by atoms with E-state index in [9.17, 15) is 5.11 Å². The SMILES string of the molecule is CCc1ccc(C(O)C(C)N2C[C@@H](C)O[C@@H](C)C2)cc1. The first-order chi connectivity index (χ1) is 9.51. The van der Waals surface area contributed by atoms with Gasteiger partial charge in [-0.15, -0.1) is 0 Å². The molecule has 4 atom stereocenters. The molecule has 1 aromatic carbocycles. The zero-order valence-corrected chi connectivity index (χ0v) is 13.0. The molecule has 3 nitrogen and oxygen atoms in total. The van der Waals surface area contributed by atoms with E-state index in [1.807, 2.05) is 12.1 Å². The number of hydrogen-bond donors (Lipinski definition) is 1. The molecule has 0 aliphatic carbocycles. The van der Waals surface area contributed by atoms with Gasteiger partial charge in [-0.05, 0) is 38.3 Å². The van der Waals surface area contributed by atoms with Gasteiger partial charge in [-0.3, -0.25) is 4.90 Å². The average Bonchev–Trinajstić information content (AvgIpc) is 2.45. The fraction of sp³-hybridized carbons (Fsp3) is 0.647. The number of ether oxygens (including phenoxy) is 1. The van der Waals surface area contributed by atoms with Crippen LogP contribution >= 0.6 is 0 Å². The maximum Gasteiger partial charge on any atom is 0.0942 e. The van der Waals surface area contributed by atoms with E-state index in [0.717, 1.165) is 25.1 Å². The van der Waals surface area contributed by atoms with Crippen molar-refractivity contribution in [2.24, 2.45) is 0 Å². The summed E-state index contributed by atoms with van der Waals surface area (Å²) in [7, 11) is 0. The van der Waals surface area contributed by atoms with E-state index in [-0.39, 0.29) is 18.2 Å². The molecule has 0 aromatic heterocycles. The topological polar surface area (TPSA) is 32.7 Å². The third kappa shape index (κ3) is 3.60. The lowest BCUT2D eigenvalue weighted by Crippen LogP contribution is -2.50. The summed E-state index contributed by atoms with van der Waals surface area (Å²) in [5, 5.41) is 10.6. The van der Waals surface area contributed by atoms with Crippen molar-refractivity contribution < 1.29 is 9.84 Å². The number of rotatable bonds is 4. The lowest BCUT2D eigenvalue weighted by atomic mass is 9.99. The largest absolute Gasteiger partial charge is 0.387 e. The Kier molecular flexibility index (Phi) is 5.19. The van der Waals surface area contributed by atoms with Crippen LogP contribution in [0.5, 0.6) is 0 Å². The van der Waals surface area contributed by atoms with Crippen LogP contribution in [0.25, 0.3) is 0 Å². The van der Waals surface area contributed by atoms with E-state index in [0.29, 0.717) is 0 Å². The Balaban J connectivity index is 2.04. The van der Waals surface area contributed by atoms with Crippen LogP contribution in [0.15, 0.2) is 24.3 Å². The number of aliphatic hydroxyl groups is 1. The molecule has 1 aliphatic heterocycles. The molecule has 2 rings (SSSR count). The number of aliphatic hydroxyl groups excluding tert-OH is 1. The van der Waals surface area contributed by atoms with Gasteiger partial charge in [0.1, 0.15) is 0 Å². The molecule has 0 amide bonds. The molecule has 1 heterocycles. The maximum absolute atomic E-state index is 10.6. The predicted molar refractivity (Wildman–Crippen MR) is 81.8 cm³/mol. The molecule has 1 saturated heterocycles. The summed E-state index contributed by atoms with van der Waals surface area (Å²) in [5.74, 6) is 0. The molecule has 1 N–H and O–H groups in total. The summed E-state index contributed by atoms with van der Waals surface area (Å²) in [6, 6.07) is 8.42. The third-order valence-corrected chi connectivity index (χ3v) is 4.21. The number of morpholine rings is 1. The van der Waals surface area contributed by atoms with Crippen molar-refractivity contribution >= 4 is 0 Å². The van der Waals surface area contributed by atoms with Gasteiger partial charge in [-0.1, -0.05) is 31.2 Å². The van der Waals surface area contributed by atoms with Crippen LogP contribution < -0.4 is 0 Å². The molecule has 112 valence electrons. The van der Waals surface area contributed by atoms with Gasteiger partial charge in [-0.2, -0.15) is 0 Å². The molecule has 0 radical (unpaired) electrons. The zero-order chi connectivity index (χ0) is 14.7. The van der Waals surface area contributed by atoms with Gasteiger partial charge in [0.15, 0.2) is 0 Å². The summed E-state index contributed by atoms with van der Waals surface area (Å²) in [6.07, 6.45) is 1.05. The molecule has 3 heteroatoms. The number of nitrogens with zero attached hydrogens (tertiary/aromatic N) is 1. The maximum atomic E-state index is 10.6. The first-order valence-corrected chi connectivity index (χ1v) is 7.67. The Bertz CT molecular complexity index is 408. The van der Waals surface area contributed by atoms with Gasteiger partial charge < -0.3 is 9.84 Å². The van der Waals surface area contributed by atoms with Crippen LogP contribution in [0.1, 0.15) is 44.9 Å². The quantitative estimate of drug-likeness (QED) is 0.918. The van der Waals surface area contributed by atoms with Gasteiger partial charge in [0.2, 0.25) is 0 Å². The fourth-order valence-electron chi connectivity index (χ4n) is 2.98. The molecule has 1 aromatic rings. The minimum absolute atomic E-state index is 0.108. The van der Waals surface area contributed by atoms with Gasteiger partial charge in [-0.25, -0.2) is 0 Å². The average molecular weight is 277 g/mol. The second-order valence-corrected chi connectivity index (χ2v) is 5.99. The van der Waals surface area contributed by atoms with E-state index in [1.54, 1.807) is 0 Å². The molecule has 1 fully saturated rings. The zero-order valence-electron chi connectivity index (χ0n) is 13.0. The Morgan fingerprint density at radius 3 is 2.25 bits per heavy atom. The first kappa shape index (κ1) is 15.5. The van der Waals surface area contributed by atoms with E-state index in [1.165, 1.54) is 5.56 Å². The van der Waals surface area contributed by atoms with Gasteiger partial charge in [0.25, 0.3) is 0 Å². The molecule has 0 bridgehead atoms. The van der Waals surface area contributed by atoms with Crippen molar-refractivity contribution in [1.29, 1.82) is 0 Å². The van der Waals surface area contributed by atoms with Crippen LogP contribution in [-0.4, -0.2) is 41.3 Å². The Morgan fingerprint density at radius 2 is 1.75 bits per heavy atom. The van der Waals surface area contributed by atoms with Gasteiger partial charge >= 0.3 is 0 Å². The molecular formula is C17H27NO2. The minimum atomic E-state index is -0.446.